The molecule has 2 amide bonds. The number of aromatic amines is 1. The van der Waals surface area contributed by atoms with Gasteiger partial charge in [-0.15, -0.1) is 5.10 Å². The topological polar surface area (TPSA) is 189 Å². The van der Waals surface area contributed by atoms with Crippen LogP contribution in [0.2, 0.25) is 18.6 Å². The molecule has 6 aromatic rings. The van der Waals surface area contributed by atoms with Crippen LogP contribution in [0.1, 0.15) is 47.2 Å². The second kappa shape index (κ2) is 15.4. The van der Waals surface area contributed by atoms with Crippen LogP contribution in [0.15, 0.2) is 109 Å². The lowest BCUT2D eigenvalue weighted by molar-refractivity contribution is -0.385. The standard InChI is InChI=1S/C43H45N7O7Si/c1-27-41(58(2,3)56)39(19-20-48-25-37(46-47-48)34(26-51)29-9-5-4-6-10-29)57-43(27)35-22-32(50(54)55)17-18-38(35)49(42(43)53)24-28-13-15-31(16-14-28)45-40(52)21-30-23-44-36-12-8-7-11-33(30)36/h4-18,22-23,25,27,34,39,41,44,51,56H,19-21,24,26H2,1-3H3,(H,45,52)/t27-,34?,39+,41-,43+/m0/s1. The first-order valence-corrected chi connectivity index (χ1v) is 22.4. The van der Waals surface area contributed by atoms with Crippen molar-refractivity contribution in [1.29, 1.82) is 0 Å². The van der Waals surface area contributed by atoms with E-state index in [4.69, 9.17) is 4.74 Å². The van der Waals surface area contributed by atoms with Crippen LogP contribution >= 0.6 is 0 Å². The zero-order valence-electron chi connectivity index (χ0n) is 32.4. The van der Waals surface area contributed by atoms with Crippen molar-refractivity contribution < 1.29 is 29.2 Å². The molecular formula is C43H45N7O7Si. The molecule has 1 fully saturated rings. The fourth-order valence-electron chi connectivity index (χ4n) is 9.03. The van der Waals surface area contributed by atoms with Crippen molar-refractivity contribution in [2.45, 2.75) is 69.1 Å². The zero-order chi connectivity index (χ0) is 40.8. The summed E-state index contributed by atoms with van der Waals surface area (Å²) in [6.07, 6.45) is 3.64. The Bertz CT molecular complexity index is 2480. The number of fused-ring (bicyclic) bond motifs is 3. The van der Waals surface area contributed by atoms with Crippen LogP contribution in [-0.2, 0) is 39.4 Å². The number of para-hydroxylation sites is 1. The third kappa shape index (κ3) is 7.10. The predicted molar refractivity (Wildman–Crippen MR) is 221 cm³/mol. The molecule has 4 aromatic carbocycles. The lowest BCUT2D eigenvalue weighted by atomic mass is 9.82. The number of carbonyl (C=O) groups is 2. The highest BCUT2D eigenvalue weighted by molar-refractivity contribution is 6.71. The molecule has 2 aliphatic rings. The summed E-state index contributed by atoms with van der Waals surface area (Å²) in [7, 11) is -3.03. The Morgan fingerprint density at radius 1 is 1.07 bits per heavy atom. The molecule has 15 heteroatoms. The van der Waals surface area contributed by atoms with Crippen molar-refractivity contribution in [3.8, 4) is 0 Å². The highest BCUT2D eigenvalue weighted by Crippen LogP contribution is 2.60. The Morgan fingerprint density at radius 2 is 1.81 bits per heavy atom. The predicted octanol–water partition coefficient (Wildman–Crippen LogP) is 6.41. The van der Waals surface area contributed by atoms with Gasteiger partial charge in [0.25, 0.3) is 11.6 Å². The molecule has 0 radical (unpaired) electrons. The average molecular weight is 800 g/mol. The van der Waals surface area contributed by atoms with E-state index in [2.05, 4.69) is 20.6 Å². The third-order valence-electron chi connectivity index (χ3n) is 11.7. The number of hydrogen-bond acceptors (Lipinski definition) is 9. The maximum atomic E-state index is 14.9. The normalized spacial score (nSPS) is 20.8. The van der Waals surface area contributed by atoms with Crippen molar-refractivity contribution in [3.05, 3.63) is 148 Å². The fourth-order valence-corrected chi connectivity index (χ4v) is 11.6. The van der Waals surface area contributed by atoms with E-state index in [0.717, 1.165) is 27.6 Å². The second-order valence-corrected chi connectivity index (χ2v) is 19.8. The maximum absolute atomic E-state index is 14.9. The van der Waals surface area contributed by atoms with E-state index in [1.807, 2.05) is 92.9 Å². The van der Waals surface area contributed by atoms with Crippen LogP contribution in [0.5, 0.6) is 0 Å². The van der Waals surface area contributed by atoms with E-state index >= 15 is 0 Å². The van der Waals surface area contributed by atoms with Crippen molar-refractivity contribution in [2.24, 2.45) is 5.92 Å². The molecule has 4 N–H and O–H groups in total. The summed E-state index contributed by atoms with van der Waals surface area (Å²) in [5, 5.41) is 34.9. The van der Waals surface area contributed by atoms with E-state index in [-0.39, 0.29) is 43.0 Å². The van der Waals surface area contributed by atoms with E-state index in [9.17, 15) is 29.6 Å². The number of H-pyrrole nitrogens is 1. The summed E-state index contributed by atoms with van der Waals surface area (Å²) < 4.78 is 8.59. The molecule has 1 saturated heterocycles. The molecule has 0 saturated carbocycles. The quantitative estimate of drug-likeness (QED) is 0.0582. The van der Waals surface area contributed by atoms with Gasteiger partial charge in [0.05, 0.1) is 47.9 Å². The number of nitro benzene ring substituents is 1. The minimum Gasteiger partial charge on any atom is -0.432 e. The number of carbonyl (C=O) groups excluding carboxylic acids is 2. The van der Waals surface area contributed by atoms with Gasteiger partial charge in [-0.3, -0.25) is 24.4 Å². The number of aliphatic hydroxyl groups excluding tert-OH is 1. The van der Waals surface area contributed by atoms with E-state index in [1.54, 1.807) is 34.0 Å². The number of nitrogens with zero attached hydrogens (tertiary/aromatic N) is 5. The van der Waals surface area contributed by atoms with Gasteiger partial charge in [-0.25, -0.2) is 0 Å². The third-order valence-corrected chi connectivity index (χ3v) is 14.2. The largest absolute Gasteiger partial charge is 0.432 e. The summed E-state index contributed by atoms with van der Waals surface area (Å²) in [6, 6.07) is 29.1. The van der Waals surface area contributed by atoms with Gasteiger partial charge in [0.15, 0.2) is 13.9 Å². The van der Waals surface area contributed by atoms with Crippen LogP contribution in [-0.4, -0.2) is 67.6 Å². The number of nitrogens with one attached hydrogen (secondary N) is 2. The van der Waals surface area contributed by atoms with Gasteiger partial charge in [-0.1, -0.05) is 72.8 Å². The summed E-state index contributed by atoms with van der Waals surface area (Å²) in [6.45, 7) is 5.92. The smallest absolute Gasteiger partial charge is 0.269 e. The van der Waals surface area contributed by atoms with Crippen molar-refractivity contribution in [2.75, 3.05) is 16.8 Å². The minimum absolute atomic E-state index is 0.141. The first-order chi connectivity index (χ1) is 27.9. The maximum Gasteiger partial charge on any atom is 0.269 e. The number of aliphatic hydroxyl groups is 1. The summed E-state index contributed by atoms with van der Waals surface area (Å²) in [5.74, 6) is -1.39. The first-order valence-electron chi connectivity index (χ1n) is 19.4. The monoisotopic (exact) mass is 799 g/mol. The van der Waals surface area contributed by atoms with Crippen LogP contribution in [0.4, 0.5) is 17.1 Å². The highest BCUT2D eigenvalue weighted by Gasteiger charge is 2.66. The number of ether oxygens (including phenoxy) is 1. The number of non-ortho nitro benzene ring substituents is 1. The number of anilines is 2. The Hall–Kier alpha value is -6.00. The summed E-state index contributed by atoms with van der Waals surface area (Å²) in [5.41, 5.74) is 3.53. The molecule has 58 heavy (non-hydrogen) atoms. The van der Waals surface area contributed by atoms with Crippen molar-refractivity contribution in [3.63, 3.8) is 0 Å². The zero-order valence-corrected chi connectivity index (χ0v) is 33.4. The van der Waals surface area contributed by atoms with Gasteiger partial charge in [0.2, 0.25) is 5.91 Å². The Morgan fingerprint density at radius 3 is 2.53 bits per heavy atom. The van der Waals surface area contributed by atoms with Gasteiger partial charge in [0, 0.05) is 64.7 Å². The molecule has 4 heterocycles. The molecular weight excluding hydrogens is 755 g/mol. The lowest BCUT2D eigenvalue weighted by Gasteiger charge is -2.32. The molecule has 8 rings (SSSR count). The minimum atomic E-state index is -3.03. The number of amides is 2. The number of aromatic nitrogens is 4. The molecule has 1 spiro atoms. The summed E-state index contributed by atoms with van der Waals surface area (Å²) >= 11 is 0. The fraction of sp³-hybridized carbons (Fsp3) is 0.302. The second-order valence-electron chi connectivity index (χ2n) is 15.8. The van der Waals surface area contributed by atoms with Crippen LogP contribution < -0.4 is 10.2 Å². The van der Waals surface area contributed by atoms with Gasteiger partial charge in [0.1, 0.15) is 0 Å². The Balaban J connectivity index is 1.03. The molecule has 14 nitrogen and oxygen atoms in total. The number of aryl methyl sites for hydroxylation is 1. The highest BCUT2D eigenvalue weighted by atomic mass is 28.4. The molecule has 1 unspecified atom stereocenters. The number of benzene rings is 4. The lowest BCUT2D eigenvalue weighted by Crippen LogP contribution is -2.46. The van der Waals surface area contributed by atoms with E-state index in [0.29, 0.717) is 35.6 Å². The molecule has 2 aliphatic heterocycles. The van der Waals surface area contributed by atoms with Crippen LogP contribution in [0.25, 0.3) is 10.9 Å². The SMILES string of the molecule is C[C@H]1[C@H]([Si](C)(C)O)[C@@H](CCn2cc(C(CO)c3ccccc3)nn2)O[C@]12C(=O)N(Cc1ccc(NC(=O)Cc3c[nH]c4ccccc34)cc1)c1ccc([N+](=O)[O-])cc12. The van der Waals surface area contributed by atoms with Crippen LogP contribution in [0.3, 0.4) is 0 Å². The van der Waals surface area contributed by atoms with Gasteiger partial charge in [-0.05, 0) is 60.5 Å². The number of hydrogen-bond donors (Lipinski definition) is 4. The molecule has 5 atom stereocenters. The first kappa shape index (κ1) is 38.9. The van der Waals surface area contributed by atoms with Gasteiger partial charge < -0.3 is 29.8 Å². The molecule has 0 bridgehead atoms. The summed E-state index contributed by atoms with van der Waals surface area (Å²) in [4.78, 5) is 56.1. The Kier molecular flexibility index (Phi) is 10.3. The van der Waals surface area contributed by atoms with Gasteiger partial charge in [-0.2, -0.15) is 0 Å². The van der Waals surface area contributed by atoms with Gasteiger partial charge >= 0.3 is 0 Å². The van der Waals surface area contributed by atoms with E-state index in [1.165, 1.54) is 12.1 Å². The molecule has 298 valence electrons. The average Bonchev–Trinajstić information content (AvgIpc) is 3.97. The Labute approximate surface area is 335 Å². The molecule has 2 aromatic heterocycles. The van der Waals surface area contributed by atoms with Crippen LogP contribution in [0, 0.1) is 16.0 Å². The van der Waals surface area contributed by atoms with Crippen molar-refractivity contribution >= 4 is 48.1 Å². The molecule has 0 aliphatic carbocycles. The number of rotatable bonds is 13. The number of nitro groups is 1. The van der Waals surface area contributed by atoms with E-state index < -0.39 is 36.4 Å². The van der Waals surface area contributed by atoms with Crippen molar-refractivity contribution in [1.82, 2.24) is 20.0 Å².